The Morgan fingerprint density at radius 1 is 0.652 bits per heavy atom. The Morgan fingerprint density at radius 2 is 1.09 bits per heavy atom. The molecule has 0 heterocycles. The molecule has 0 saturated carbocycles. The SMILES string of the molecule is CC(C)OCCCCCCCC/C=C\CCCCCCCC[O]. The van der Waals surface area contributed by atoms with E-state index in [1.165, 1.54) is 77.0 Å². The first-order valence-electron chi connectivity index (χ1n) is 10.1. The highest BCUT2D eigenvalue weighted by atomic mass is 16.5. The molecule has 0 aromatic rings. The Labute approximate surface area is 145 Å². The average Bonchev–Trinajstić information content (AvgIpc) is 2.53. The van der Waals surface area contributed by atoms with Gasteiger partial charge in [0.2, 0.25) is 0 Å². The van der Waals surface area contributed by atoms with Crippen molar-refractivity contribution < 1.29 is 9.84 Å². The van der Waals surface area contributed by atoms with Crippen LogP contribution in [-0.2, 0) is 9.84 Å². The van der Waals surface area contributed by atoms with Crippen LogP contribution in [0.1, 0.15) is 104 Å². The predicted octanol–water partition coefficient (Wildman–Crippen LogP) is 6.86. The molecule has 137 valence electrons. The van der Waals surface area contributed by atoms with Gasteiger partial charge in [0.15, 0.2) is 0 Å². The zero-order valence-electron chi connectivity index (χ0n) is 15.9. The minimum atomic E-state index is 0.106. The van der Waals surface area contributed by atoms with Gasteiger partial charge in [0.05, 0.1) is 12.7 Å². The Balaban J connectivity index is 3.06. The maximum absolute atomic E-state index is 10.3. The van der Waals surface area contributed by atoms with E-state index in [1.807, 2.05) is 0 Å². The second kappa shape index (κ2) is 19.7. The molecule has 23 heavy (non-hydrogen) atoms. The maximum Gasteiger partial charge on any atom is 0.0822 e. The largest absolute Gasteiger partial charge is 0.379 e. The molecule has 0 fully saturated rings. The number of hydrogen-bond acceptors (Lipinski definition) is 1. The van der Waals surface area contributed by atoms with Crippen LogP contribution >= 0.6 is 0 Å². The van der Waals surface area contributed by atoms with Crippen molar-refractivity contribution in [2.45, 2.75) is 110 Å². The zero-order valence-corrected chi connectivity index (χ0v) is 15.9. The van der Waals surface area contributed by atoms with Crippen molar-refractivity contribution in [1.29, 1.82) is 0 Å². The number of hydrogen-bond donors (Lipinski definition) is 0. The molecule has 0 aliphatic rings. The van der Waals surface area contributed by atoms with Gasteiger partial charge < -0.3 is 4.74 Å². The van der Waals surface area contributed by atoms with Crippen LogP contribution in [0.5, 0.6) is 0 Å². The molecule has 0 aliphatic carbocycles. The molecule has 1 radical (unpaired) electrons. The first kappa shape index (κ1) is 22.7. The van der Waals surface area contributed by atoms with Crippen LogP contribution in [-0.4, -0.2) is 19.3 Å². The van der Waals surface area contributed by atoms with Gasteiger partial charge in [-0.05, 0) is 52.4 Å². The molecule has 0 amide bonds. The number of allylic oxidation sites excluding steroid dienone is 2. The summed E-state index contributed by atoms with van der Waals surface area (Å²) in [7, 11) is 0. The van der Waals surface area contributed by atoms with Crippen LogP contribution in [0, 0.1) is 0 Å². The monoisotopic (exact) mass is 325 g/mol. The third-order valence-corrected chi connectivity index (χ3v) is 4.15. The Kier molecular flexibility index (Phi) is 19.4. The summed E-state index contributed by atoms with van der Waals surface area (Å²) in [6.45, 7) is 5.24. The molecular weight excluding hydrogens is 284 g/mol. The summed E-state index contributed by atoms with van der Waals surface area (Å²) in [4.78, 5) is 0. The summed E-state index contributed by atoms with van der Waals surface area (Å²) in [5.74, 6) is 0. The average molecular weight is 326 g/mol. The van der Waals surface area contributed by atoms with Crippen molar-refractivity contribution in [3.8, 4) is 0 Å². The third kappa shape index (κ3) is 21.7. The van der Waals surface area contributed by atoms with Crippen molar-refractivity contribution in [3.63, 3.8) is 0 Å². The lowest BCUT2D eigenvalue weighted by Gasteiger charge is -2.06. The fraction of sp³-hybridized carbons (Fsp3) is 0.905. The normalized spacial score (nSPS) is 11.8. The summed E-state index contributed by atoms with van der Waals surface area (Å²) in [6, 6.07) is 0. The van der Waals surface area contributed by atoms with Crippen LogP contribution in [0.25, 0.3) is 0 Å². The molecule has 0 bridgehead atoms. The van der Waals surface area contributed by atoms with E-state index in [1.54, 1.807) is 0 Å². The highest BCUT2D eigenvalue weighted by Gasteiger charge is 1.94. The van der Waals surface area contributed by atoms with E-state index in [-0.39, 0.29) is 6.61 Å². The molecular formula is C21H41O2. The fourth-order valence-corrected chi connectivity index (χ4v) is 2.70. The molecule has 2 heteroatoms. The molecule has 0 unspecified atom stereocenters. The lowest BCUT2D eigenvalue weighted by Crippen LogP contribution is -2.03. The zero-order chi connectivity index (χ0) is 17.0. The third-order valence-electron chi connectivity index (χ3n) is 4.15. The highest BCUT2D eigenvalue weighted by Crippen LogP contribution is 2.10. The number of unbranched alkanes of at least 4 members (excludes halogenated alkanes) is 12. The van der Waals surface area contributed by atoms with E-state index < -0.39 is 0 Å². The van der Waals surface area contributed by atoms with Gasteiger partial charge in [-0.25, -0.2) is 5.11 Å². The first-order valence-corrected chi connectivity index (χ1v) is 10.1. The van der Waals surface area contributed by atoms with Crippen molar-refractivity contribution in [1.82, 2.24) is 0 Å². The van der Waals surface area contributed by atoms with Gasteiger partial charge in [-0.15, -0.1) is 0 Å². The van der Waals surface area contributed by atoms with E-state index in [4.69, 9.17) is 4.74 Å². The van der Waals surface area contributed by atoms with E-state index in [2.05, 4.69) is 26.0 Å². The summed E-state index contributed by atoms with van der Waals surface area (Å²) < 4.78 is 5.54. The van der Waals surface area contributed by atoms with Gasteiger partial charge in [-0.2, -0.15) is 0 Å². The minimum absolute atomic E-state index is 0.106. The van der Waals surface area contributed by atoms with Gasteiger partial charge in [0.25, 0.3) is 0 Å². The van der Waals surface area contributed by atoms with Crippen molar-refractivity contribution in [2.75, 3.05) is 13.2 Å². The van der Waals surface area contributed by atoms with Gasteiger partial charge in [-0.1, -0.05) is 63.5 Å². The van der Waals surface area contributed by atoms with E-state index in [9.17, 15) is 5.11 Å². The molecule has 0 rings (SSSR count). The van der Waals surface area contributed by atoms with Gasteiger partial charge in [0, 0.05) is 6.61 Å². The van der Waals surface area contributed by atoms with Crippen LogP contribution in [0.2, 0.25) is 0 Å². The molecule has 0 aromatic heterocycles. The summed E-state index contributed by atoms with van der Waals surface area (Å²) in [6.07, 6.45) is 22.8. The summed E-state index contributed by atoms with van der Waals surface area (Å²) in [5.41, 5.74) is 0. The van der Waals surface area contributed by atoms with Crippen LogP contribution < -0.4 is 0 Å². The first-order chi connectivity index (χ1) is 11.3. The minimum Gasteiger partial charge on any atom is -0.379 e. The molecule has 0 aliphatic heterocycles. The fourth-order valence-electron chi connectivity index (χ4n) is 2.70. The Morgan fingerprint density at radius 3 is 1.57 bits per heavy atom. The molecule has 0 aromatic carbocycles. The van der Waals surface area contributed by atoms with Crippen LogP contribution in [0.4, 0.5) is 0 Å². The second-order valence-corrected chi connectivity index (χ2v) is 6.92. The van der Waals surface area contributed by atoms with Gasteiger partial charge >= 0.3 is 0 Å². The molecule has 0 N–H and O–H groups in total. The molecule has 0 spiro atoms. The Hall–Kier alpha value is -0.340. The van der Waals surface area contributed by atoms with Gasteiger partial charge in [0.1, 0.15) is 0 Å². The topological polar surface area (TPSA) is 29.1 Å². The molecule has 2 nitrogen and oxygen atoms in total. The van der Waals surface area contributed by atoms with Crippen molar-refractivity contribution >= 4 is 0 Å². The van der Waals surface area contributed by atoms with Crippen LogP contribution in [0.3, 0.4) is 0 Å². The standard InChI is InChI=1S/C21H41O2/c1-21(2)23-20-18-16-14-12-10-8-6-4-3-5-7-9-11-13-15-17-19-22/h3-4,21H,5-20H2,1-2H3/b4-3-. The lowest BCUT2D eigenvalue weighted by atomic mass is 10.1. The second-order valence-electron chi connectivity index (χ2n) is 6.92. The van der Waals surface area contributed by atoms with Crippen molar-refractivity contribution in [2.24, 2.45) is 0 Å². The van der Waals surface area contributed by atoms with Gasteiger partial charge in [-0.3, -0.25) is 0 Å². The maximum atomic E-state index is 10.3. The van der Waals surface area contributed by atoms with Crippen molar-refractivity contribution in [3.05, 3.63) is 12.2 Å². The predicted molar refractivity (Wildman–Crippen MR) is 100 cm³/mol. The lowest BCUT2D eigenvalue weighted by molar-refractivity contribution is 0.0757. The molecule has 0 atom stereocenters. The Bertz CT molecular complexity index is 236. The van der Waals surface area contributed by atoms with E-state index in [0.717, 1.165) is 19.4 Å². The number of rotatable bonds is 18. The highest BCUT2D eigenvalue weighted by molar-refractivity contribution is 4.81. The smallest absolute Gasteiger partial charge is 0.0822 e. The summed E-state index contributed by atoms with van der Waals surface area (Å²) >= 11 is 0. The quantitative estimate of drug-likeness (QED) is 0.200. The number of ether oxygens (including phenoxy) is 1. The van der Waals surface area contributed by atoms with Crippen LogP contribution in [0.15, 0.2) is 12.2 Å². The molecule has 0 saturated heterocycles. The van der Waals surface area contributed by atoms with E-state index in [0.29, 0.717) is 6.10 Å². The summed E-state index contributed by atoms with van der Waals surface area (Å²) in [5, 5.41) is 10.3. The van der Waals surface area contributed by atoms with E-state index >= 15 is 0 Å².